The van der Waals surface area contributed by atoms with Gasteiger partial charge in [-0.25, -0.2) is 0 Å². The second kappa shape index (κ2) is 5.60. The highest BCUT2D eigenvalue weighted by Crippen LogP contribution is 2.47. The van der Waals surface area contributed by atoms with Crippen LogP contribution in [0.5, 0.6) is 0 Å². The number of aryl methyl sites for hydroxylation is 1. The van der Waals surface area contributed by atoms with Gasteiger partial charge in [0.05, 0.1) is 5.75 Å². The van der Waals surface area contributed by atoms with Crippen LogP contribution < -0.4 is 0 Å². The molecule has 1 heterocycles. The van der Waals surface area contributed by atoms with Gasteiger partial charge in [0, 0.05) is 11.1 Å². The molecule has 0 fully saturated rings. The summed E-state index contributed by atoms with van der Waals surface area (Å²) < 4.78 is 76.8. The number of alkyl halides is 6. The summed E-state index contributed by atoms with van der Waals surface area (Å²) in [6, 6.07) is 3.65. The van der Waals surface area contributed by atoms with Crippen molar-refractivity contribution < 1.29 is 26.3 Å². The molecule has 1 atom stereocenters. The van der Waals surface area contributed by atoms with Crippen LogP contribution in [0.15, 0.2) is 45.6 Å². The Morgan fingerprint density at radius 3 is 2.32 bits per heavy atom. The molecule has 0 bridgehead atoms. The molecule has 1 aliphatic rings. The molecule has 0 aliphatic carbocycles. The second-order valence-corrected chi connectivity index (χ2v) is 5.70. The molecule has 0 amide bonds. The fourth-order valence-electron chi connectivity index (χ4n) is 1.92. The van der Waals surface area contributed by atoms with E-state index in [-0.39, 0.29) is 10.5 Å². The van der Waals surface area contributed by atoms with Gasteiger partial charge < -0.3 is 0 Å². The Labute approximate surface area is 126 Å². The Bertz CT molecular complexity index is 606. The first-order chi connectivity index (χ1) is 10.1. The summed E-state index contributed by atoms with van der Waals surface area (Å²) in [7, 11) is 0. The molecule has 120 valence electrons. The quantitative estimate of drug-likeness (QED) is 0.535. The molecule has 0 saturated heterocycles. The molecule has 0 spiro atoms. The lowest BCUT2D eigenvalue weighted by Crippen LogP contribution is -2.37. The van der Waals surface area contributed by atoms with Crippen LogP contribution in [0.2, 0.25) is 0 Å². The first-order valence-electron chi connectivity index (χ1n) is 6.02. The van der Waals surface area contributed by atoms with Crippen LogP contribution in [-0.4, -0.2) is 18.1 Å². The summed E-state index contributed by atoms with van der Waals surface area (Å²) in [5.41, 5.74) is -2.42. The third kappa shape index (κ3) is 3.29. The summed E-state index contributed by atoms with van der Waals surface area (Å²) >= 11 is 0.448. The van der Waals surface area contributed by atoms with Crippen LogP contribution in [0.4, 0.5) is 26.3 Å². The van der Waals surface area contributed by atoms with E-state index in [1.807, 2.05) is 0 Å². The van der Waals surface area contributed by atoms with Gasteiger partial charge in [-0.2, -0.15) is 36.6 Å². The van der Waals surface area contributed by atoms with Crippen LogP contribution in [0, 0.1) is 6.92 Å². The van der Waals surface area contributed by atoms with Crippen molar-refractivity contribution in [1.82, 2.24) is 0 Å². The van der Waals surface area contributed by atoms with Gasteiger partial charge in [-0.15, -0.1) is 11.8 Å². The summed E-state index contributed by atoms with van der Waals surface area (Å²) in [5, 5.41) is 6.50. The molecule has 1 aromatic rings. The van der Waals surface area contributed by atoms with Gasteiger partial charge >= 0.3 is 12.4 Å². The molecule has 0 aromatic heterocycles. The Kier molecular flexibility index (Phi) is 4.29. The lowest BCUT2D eigenvalue weighted by atomic mass is 9.90. The number of hydrogen-bond donors (Lipinski definition) is 0. The molecular weight excluding hydrogens is 330 g/mol. The van der Waals surface area contributed by atoms with Gasteiger partial charge in [-0.05, 0) is 30.2 Å². The van der Waals surface area contributed by atoms with E-state index < -0.39 is 23.6 Å². The van der Waals surface area contributed by atoms with Gasteiger partial charge in [0.1, 0.15) is 0 Å². The third-order valence-corrected chi connectivity index (χ3v) is 4.27. The maximum atomic E-state index is 13.3. The predicted octanol–water partition coefficient (Wildman–Crippen LogP) is 5.39. The van der Waals surface area contributed by atoms with E-state index >= 15 is 0 Å². The summed E-state index contributed by atoms with van der Waals surface area (Å²) in [5.74, 6) is -1.17. The number of rotatable bonds is 3. The van der Waals surface area contributed by atoms with Gasteiger partial charge in [-0.1, -0.05) is 12.1 Å². The highest BCUT2D eigenvalue weighted by Gasteiger charge is 2.56. The highest BCUT2D eigenvalue weighted by molar-refractivity contribution is 7.99. The number of azo groups is 1. The Morgan fingerprint density at radius 1 is 1.14 bits per heavy atom. The zero-order valence-corrected chi connectivity index (χ0v) is 12.0. The first kappa shape index (κ1) is 16.9. The van der Waals surface area contributed by atoms with E-state index in [9.17, 15) is 26.3 Å². The lowest BCUT2D eigenvalue weighted by Gasteiger charge is -2.26. The van der Waals surface area contributed by atoms with E-state index in [0.29, 0.717) is 17.3 Å². The monoisotopic (exact) mass is 340 g/mol. The van der Waals surface area contributed by atoms with Crippen molar-refractivity contribution in [3.63, 3.8) is 0 Å². The molecule has 2 rings (SSSR count). The molecule has 22 heavy (non-hydrogen) atoms. The van der Waals surface area contributed by atoms with Crippen molar-refractivity contribution >= 4 is 11.8 Å². The lowest BCUT2D eigenvalue weighted by molar-refractivity contribution is -0.174. The standard InChI is InChI=1S/C13H10F6N2S/c1-8-2-3-9(6-10(8)22-7-12(14,15)16)11(13(17,18)19)4-5-20-21-11/h2-6H,7H2,1H3. The molecule has 1 unspecified atom stereocenters. The average molecular weight is 340 g/mol. The number of halogens is 6. The van der Waals surface area contributed by atoms with Gasteiger partial charge in [0.15, 0.2) is 0 Å². The largest absolute Gasteiger partial charge is 0.423 e. The molecule has 0 N–H and O–H groups in total. The van der Waals surface area contributed by atoms with Crippen molar-refractivity contribution in [2.45, 2.75) is 29.7 Å². The molecule has 1 aromatic carbocycles. The third-order valence-electron chi connectivity index (χ3n) is 3.05. The fraction of sp³-hybridized carbons (Fsp3) is 0.385. The topological polar surface area (TPSA) is 24.7 Å². The minimum Gasteiger partial charge on any atom is -0.170 e. The van der Waals surface area contributed by atoms with Crippen LogP contribution >= 0.6 is 11.8 Å². The molecule has 1 aliphatic heterocycles. The molecule has 9 heteroatoms. The first-order valence-corrected chi connectivity index (χ1v) is 7.01. The van der Waals surface area contributed by atoms with Crippen molar-refractivity contribution in [2.75, 3.05) is 5.75 Å². The zero-order chi connectivity index (χ0) is 16.6. The summed E-state index contributed by atoms with van der Waals surface area (Å²) in [6.45, 7) is 1.54. The number of benzene rings is 1. The van der Waals surface area contributed by atoms with E-state index in [2.05, 4.69) is 10.2 Å². The number of thioether (sulfide) groups is 1. The smallest absolute Gasteiger partial charge is 0.170 e. The van der Waals surface area contributed by atoms with Crippen molar-refractivity contribution in [3.8, 4) is 0 Å². The van der Waals surface area contributed by atoms with E-state index in [1.165, 1.54) is 19.1 Å². The maximum absolute atomic E-state index is 13.3. The molecule has 0 radical (unpaired) electrons. The van der Waals surface area contributed by atoms with Crippen LogP contribution in [0.1, 0.15) is 11.1 Å². The van der Waals surface area contributed by atoms with Gasteiger partial charge in [-0.3, -0.25) is 0 Å². The fourth-order valence-corrected chi connectivity index (χ4v) is 2.75. The van der Waals surface area contributed by atoms with Crippen LogP contribution in [-0.2, 0) is 5.54 Å². The number of nitrogens with zero attached hydrogens (tertiary/aromatic N) is 2. The van der Waals surface area contributed by atoms with Crippen molar-refractivity contribution in [2.24, 2.45) is 10.2 Å². The minimum absolute atomic E-state index is 0.133. The van der Waals surface area contributed by atoms with Crippen LogP contribution in [0.3, 0.4) is 0 Å². The predicted molar refractivity (Wildman–Crippen MR) is 69.7 cm³/mol. The van der Waals surface area contributed by atoms with E-state index in [4.69, 9.17) is 0 Å². The van der Waals surface area contributed by atoms with E-state index in [1.54, 1.807) is 0 Å². The van der Waals surface area contributed by atoms with E-state index in [0.717, 1.165) is 18.3 Å². The maximum Gasteiger partial charge on any atom is 0.423 e. The molecule has 2 nitrogen and oxygen atoms in total. The van der Waals surface area contributed by atoms with Crippen molar-refractivity contribution in [3.05, 3.63) is 41.6 Å². The second-order valence-electron chi connectivity index (χ2n) is 4.68. The Morgan fingerprint density at radius 2 is 1.82 bits per heavy atom. The summed E-state index contributed by atoms with van der Waals surface area (Å²) in [6.07, 6.45) is -7.42. The SMILES string of the molecule is Cc1ccc(C2(C(F)(F)F)C=CN=N2)cc1SCC(F)(F)F. The zero-order valence-electron chi connectivity index (χ0n) is 11.2. The van der Waals surface area contributed by atoms with Crippen molar-refractivity contribution in [1.29, 1.82) is 0 Å². The average Bonchev–Trinajstić information content (AvgIpc) is 2.87. The summed E-state index contributed by atoms with van der Waals surface area (Å²) in [4.78, 5) is 0.133. The molecular formula is C13H10F6N2S. The van der Waals surface area contributed by atoms with Gasteiger partial charge in [0.2, 0.25) is 5.54 Å². The highest BCUT2D eigenvalue weighted by atomic mass is 32.2. The molecule has 0 saturated carbocycles. The Hall–Kier alpha value is -1.51. The Balaban J connectivity index is 2.41. The number of hydrogen-bond acceptors (Lipinski definition) is 3. The minimum atomic E-state index is -4.73. The van der Waals surface area contributed by atoms with Crippen LogP contribution in [0.25, 0.3) is 0 Å². The normalized spacial score (nSPS) is 21.6. The van der Waals surface area contributed by atoms with Gasteiger partial charge in [0.25, 0.3) is 0 Å².